The van der Waals surface area contributed by atoms with Crippen LogP contribution in [-0.4, -0.2) is 32.5 Å². The van der Waals surface area contributed by atoms with Crippen molar-refractivity contribution in [1.82, 2.24) is 0 Å². The van der Waals surface area contributed by atoms with E-state index in [1.165, 1.54) is 12.8 Å². The highest BCUT2D eigenvalue weighted by Crippen LogP contribution is 2.40. The molecule has 0 amide bonds. The van der Waals surface area contributed by atoms with E-state index < -0.39 is 0 Å². The van der Waals surface area contributed by atoms with Gasteiger partial charge in [0, 0.05) is 32.5 Å². The highest BCUT2D eigenvalue weighted by Gasteiger charge is 2.34. The third-order valence-electron chi connectivity index (χ3n) is 3.98. The van der Waals surface area contributed by atoms with Crippen LogP contribution in [-0.2, 0) is 9.47 Å². The molecule has 3 heteroatoms. The topological polar surface area (TPSA) is 44.5 Å². The molecule has 1 aliphatic rings. The molecule has 0 atom stereocenters. The van der Waals surface area contributed by atoms with Gasteiger partial charge in [-0.25, -0.2) is 0 Å². The van der Waals surface area contributed by atoms with Gasteiger partial charge in [0.05, 0.1) is 0 Å². The van der Waals surface area contributed by atoms with Crippen LogP contribution in [0.5, 0.6) is 0 Å². The quantitative estimate of drug-likeness (QED) is 0.699. The van der Waals surface area contributed by atoms with E-state index in [-0.39, 0.29) is 5.54 Å². The van der Waals surface area contributed by atoms with Crippen LogP contribution in [0.2, 0.25) is 0 Å². The Hall–Kier alpha value is -0.120. The molecule has 1 aliphatic carbocycles. The third kappa shape index (κ3) is 5.84. The second-order valence-electron chi connectivity index (χ2n) is 6.24. The first-order valence-corrected chi connectivity index (χ1v) is 6.83. The molecule has 17 heavy (non-hydrogen) atoms. The van der Waals surface area contributed by atoms with Crippen LogP contribution in [0.25, 0.3) is 0 Å². The van der Waals surface area contributed by atoms with Crippen molar-refractivity contribution in [3.8, 4) is 0 Å². The lowest BCUT2D eigenvalue weighted by molar-refractivity contribution is 0.0738. The molecule has 0 heterocycles. The second kappa shape index (κ2) is 6.72. The van der Waals surface area contributed by atoms with Crippen molar-refractivity contribution in [3.05, 3.63) is 0 Å². The van der Waals surface area contributed by atoms with E-state index in [2.05, 4.69) is 13.8 Å². The van der Waals surface area contributed by atoms with Crippen molar-refractivity contribution in [1.29, 1.82) is 0 Å². The Morgan fingerprint density at radius 2 is 1.65 bits per heavy atom. The summed E-state index contributed by atoms with van der Waals surface area (Å²) in [7, 11) is 1.72. The molecular formula is C14H29NO2. The molecule has 1 saturated carbocycles. The fourth-order valence-electron chi connectivity index (χ4n) is 2.36. The zero-order chi connectivity index (χ0) is 12.8. The lowest BCUT2D eigenvalue weighted by Gasteiger charge is -2.41. The van der Waals surface area contributed by atoms with Gasteiger partial charge in [-0.3, -0.25) is 0 Å². The minimum Gasteiger partial charge on any atom is -0.385 e. The molecule has 0 bridgehead atoms. The fourth-order valence-corrected chi connectivity index (χ4v) is 2.36. The molecule has 0 aromatic heterocycles. The van der Waals surface area contributed by atoms with Crippen molar-refractivity contribution in [2.75, 3.05) is 26.9 Å². The van der Waals surface area contributed by atoms with Crippen LogP contribution in [0.15, 0.2) is 0 Å². The van der Waals surface area contributed by atoms with Crippen molar-refractivity contribution in [3.63, 3.8) is 0 Å². The molecule has 1 fully saturated rings. The normalized spacial score (nSPS) is 22.6. The maximum absolute atomic E-state index is 6.42. The van der Waals surface area contributed by atoms with Gasteiger partial charge in [0.2, 0.25) is 0 Å². The van der Waals surface area contributed by atoms with Gasteiger partial charge in [-0.05, 0) is 43.9 Å². The molecule has 0 unspecified atom stereocenters. The summed E-state index contributed by atoms with van der Waals surface area (Å²) in [4.78, 5) is 0. The van der Waals surface area contributed by atoms with E-state index in [9.17, 15) is 0 Å². The van der Waals surface area contributed by atoms with Crippen molar-refractivity contribution in [2.45, 2.75) is 57.9 Å². The summed E-state index contributed by atoms with van der Waals surface area (Å²) in [6, 6.07) is 0. The summed E-state index contributed by atoms with van der Waals surface area (Å²) in [6.45, 7) is 7.04. The van der Waals surface area contributed by atoms with E-state index in [1.807, 2.05) is 0 Å². The minimum atomic E-state index is 0.0246. The average Bonchev–Trinajstić information content (AvgIpc) is 2.28. The Morgan fingerprint density at radius 3 is 2.24 bits per heavy atom. The standard InChI is InChI=1S/C14H29NO2/c1-13(2)5-7-14(15,8-6-13)9-12-17-11-4-10-16-3/h4-12,15H2,1-3H3. The second-order valence-corrected chi connectivity index (χ2v) is 6.24. The van der Waals surface area contributed by atoms with Gasteiger partial charge in [0.1, 0.15) is 0 Å². The minimum absolute atomic E-state index is 0.0246. The van der Waals surface area contributed by atoms with Gasteiger partial charge in [-0.2, -0.15) is 0 Å². The summed E-state index contributed by atoms with van der Waals surface area (Å²) in [5.74, 6) is 0. The first-order chi connectivity index (χ1) is 7.97. The molecular weight excluding hydrogens is 214 g/mol. The zero-order valence-electron chi connectivity index (χ0n) is 11.8. The zero-order valence-corrected chi connectivity index (χ0v) is 11.8. The molecule has 0 spiro atoms. The monoisotopic (exact) mass is 243 g/mol. The van der Waals surface area contributed by atoms with Gasteiger partial charge in [-0.1, -0.05) is 13.8 Å². The van der Waals surface area contributed by atoms with Gasteiger partial charge < -0.3 is 15.2 Å². The molecule has 0 radical (unpaired) electrons. The number of hydrogen-bond acceptors (Lipinski definition) is 3. The van der Waals surface area contributed by atoms with Crippen LogP contribution in [0.4, 0.5) is 0 Å². The van der Waals surface area contributed by atoms with Crippen molar-refractivity contribution >= 4 is 0 Å². The van der Waals surface area contributed by atoms with Gasteiger partial charge >= 0.3 is 0 Å². The third-order valence-corrected chi connectivity index (χ3v) is 3.98. The van der Waals surface area contributed by atoms with Crippen LogP contribution < -0.4 is 5.73 Å². The molecule has 0 saturated heterocycles. The van der Waals surface area contributed by atoms with E-state index in [4.69, 9.17) is 15.2 Å². The summed E-state index contributed by atoms with van der Waals surface area (Å²) < 4.78 is 10.6. The number of hydrogen-bond donors (Lipinski definition) is 1. The summed E-state index contributed by atoms with van der Waals surface area (Å²) in [6.07, 6.45) is 6.74. The van der Waals surface area contributed by atoms with E-state index in [1.54, 1.807) is 7.11 Å². The number of nitrogens with two attached hydrogens (primary N) is 1. The predicted octanol–water partition coefficient (Wildman–Crippen LogP) is 2.73. The first-order valence-electron chi connectivity index (χ1n) is 6.83. The molecule has 102 valence electrons. The number of rotatable bonds is 7. The summed E-state index contributed by atoms with van der Waals surface area (Å²) in [5.41, 5.74) is 6.93. The smallest absolute Gasteiger partial charge is 0.0487 e. The number of ether oxygens (including phenoxy) is 2. The van der Waals surface area contributed by atoms with E-state index >= 15 is 0 Å². The molecule has 0 aliphatic heterocycles. The van der Waals surface area contributed by atoms with Crippen LogP contribution >= 0.6 is 0 Å². The Bertz CT molecular complexity index is 206. The molecule has 0 aromatic carbocycles. The van der Waals surface area contributed by atoms with Gasteiger partial charge in [-0.15, -0.1) is 0 Å². The summed E-state index contributed by atoms with van der Waals surface area (Å²) in [5, 5.41) is 0. The SMILES string of the molecule is COCCCOCCC1(N)CCC(C)(C)CC1. The molecule has 2 N–H and O–H groups in total. The highest BCUT2D eigenvalue weighted by atomic mass is 16.5. The largest absolute Gasteiger partial charge is 0.385 e. The lowest BCUT2D eigenvalue weighted by atomic mass is 9.69. The summed E-state index contributed by atoms with van der Waals surface area (Å²) >= 11 is 0. The van der Waals surface area contributed by atoms with Crippen molar-refractivity contribution in [2.24, 2.45) is 11.1 Å². The van der Waals surface area contributed by atoms with Gasteiger partial charge in [0.15, 0.2) is 0 Å². The van der Waals surface area contributed by atoms with Crippen LogP contribution in [0.3, 0.4) is 0 Å². The molecule has 0 aromatic rings. The Balaban J connectivity index is 2.10. The maximum atomic E-state index is 6.42. The van der Waals surface area contributed by atoms with E-state index in [0.29, 0.717) is 5.41 Å². The van der Waals surface area contributed by atoms with Gasteiger partial charge in [0.25, 0.3) is 0 Å². The first kappa shape index (κ1) is 14.9. The number of methoxy groups -OCH3 is 1. The van der Waals surface area contributed by atoms with Crippen LogP contribution in [0.1, 0.15) is 52.4 Å². The Kier molecular flexibility index (Phi) is 5.90. The predicted molar refractivity (Wildman–Crippen MR) is 71.1 cm³/mol. The van der Waals surface area contributed by atoms with Crippen molar-refractivity contribution < 1.29 is 9.47 Å². The van der Waals surface area contributed by atoms with E-state index in [0.717, 1.165) is 45.5 Å². The highest BCUT2D eigenvalue weighted by molar-refractivity contribution is 4.92. The maximum Gasteiger partial charge on any atom is 0.0487 e. The van der Waals surface area contributed by atoms with Crippen LogP contribution in [0, 0.1) is 5.41 Å². The fraction of sp³-hybridized carbons (Fsp3) is 1.00. The lowest BCUT2D eigenvalue weighted by Crippen LogP contribution is -2.45. The average molecular weight is 243 g/mol. The molecule has 1 rings (SSSR count). The Labute approximate surface area is 106 Å². The molecule has 3 nitrogen and oxygen atoms in total. The Morgan fingerprint density at radius 1 is 1.00 bits per heavy atom.